The van der Waals surface area contributed by atoms with Gasteiger partial charge in [-0.2, -0.15) is 0 Å². The first kappa shape index (κ1) is 7.73. The van der Waals surface area contributed by atoms with Crippen molar-refractivity contribution < 1.29 is 4.74 Å². The minimum Gasteiger partial charge on any atom is -0.488 e. The number of anilines is 2. The Bertz CT molecular complexity index is 314. The van der Waals surface area contributed by atoms with Gasteiger partial charge in [-0.1, -0.05) is 0 Å². The van der Waals surface area contributed by atoms with E-state index in [1.54, 1.807) is 0 Å². The highest BCUT2D eigenvalue weighted by Crippen LogP contribution is 2.37. The zero-order valence-electron chi connectivity index (χ0n) is 6.43. The predicted octanol–water partition coefficient (Wildman–Crippen LogP) is 1.84. The van der Waals surface area contributed by atoms with Crippen LogP contribution in [0.5, 0.6) is 5.75 Å². The first-order valence-corrected chi connectivity index (χ1v) is 4.52. The number of hydrogen-bond donors (Lipinski definition) is 2. The molecule has 0 aromatic heterocycles. The van der Waals surface area contributed by atoms with Crippen LogP contribution in [0.1, 0.15) is 0 Å². The molecule has 0 atom stereocenters. The molecule has 0 bridgehead atoms. The molecule has 1 aliphatic rings. The Labute approximate surface area is 79.0 Å². The summed E-state index contributed by atoms with van der Waals surface area (Å²) in [5.74, 6) is 0.857. The predicted molar refractivity (Wildman–Crippen MR) is 52.5 cm³/mol. The Kier molecular flexibility index (Phi) is 1.84. The lowest BCUT2D eigenvalue weighted by atomic mass is 10.2. The fourth-order valence-corrected chi connectivity index (χ4v) is 1.82. The molecule has 1 aromatic carbocycles. The molecule has 0 spiro atoms. The molecule has 1 heterocycles. The van der Waals surface area contributed by atoms with Gasteiger partial charge in [0.25, 0.3) is 0 Å². The smallest absolute Gasteiger partial charge is 0.156 e. The largest absolute Gasteiger partial charge is 0.488 e. The van der Waals surface area contributed by atoms with Crippen LogP contribution in [0.4, 0.5) is 11.4 Å². The van der Waals surface area contributed by atoms with Gasteiger partial charge in [-0.05, 0) is 28.1 Å². The number of ether oxygens (including phenoxy) is 1. The third kappa shape index (κ3) is 1.22. The van der Waals surface area contributed by atoms with Crippen molar-refractivity contribution >= 4 is 27.3 Å². The number of nitrogens with one attached hydrogen (secondary N) is 1. The molecule has 0 unspecified atom stereocenters. The molecule has 1 aromatic rings. The Morgan fingerprint density at radius 1 is 1.50 bits per heavy atom. The summed E-state index contributed by atoms with van der Waals surface area (Å²) in [6.45, 7) is 1.54. The third-order valence-electron chi connectivity index (χ3n) is 1.73. The number of nitrogen functional groups attached to an aromatic ring is 1. The van der Waals surface area contributed by atoms with E-state index in [4.69, 9.17) is 10.5 Å². The van der Waals surface area contributed by atoms with Gasteiger partial charge in [0, 0.05) is 12.2 Å². The zero-order valence-corrected chi connectivity index (χ0v) is 8.02. The van der Waals surface area contributed by atoms with Gasteiger partial charge >= 0.3 is 0 Å². The number of fused-ring (bicyclic) bond motifs is 1. The van der Waals surface area contributed by atoms with Gasteiger partial charge in [-0.3, -0.25) is 0 Å². The van der Waals surface area contributed by atoms with E-state index in [-0.39, 0.29) is 0 Å². The highest BCUT2D eigenvalue weighted by atomic mass is 79.9. The minimum atomic E-state index is 0.704. The van der Waals surface area contributed by atoms with Gasteiger partial charge in [0.05, 0.1) is 10.2 Å². The van der Waals surface area contributed by atoms with Gasteiger partial charge in [0.15, 0.2) is 5.75 Å². The summed E-state index contributed by atoms with van der Waals surface area (Å²) in [4.78, 5) is 0. The fraction of sp³-hybridized carbons (Fsp3) is 0.250. The summed E-state index contributed by atoms with van der Waals surface area (Å²) in [5, 5.41) is 3.21. The van der Waals surface area contributed by atoms with Gasteiger partial charge in [-0.15, -0.1) is 0 Å². The van der Waals surface area contributed by atoms with E-state index in [2.05, 4.69) is 21.2 Å². The van der Waals surface area contributed by atoms with Gasteiger partial charge in [0.2, 0.25) is 0 Å². The van der Waals surface area contributed by atoms with Crippen LogP contribution in [0.3, 0.4) is 0 Å². The zero-order chi connectivity index (χ0) is 8.55. The van der Waals surface area contributed by atoms with E-state index >= 15 is 0 Å². The quantitative estimate of drug-likeness (QED) is 0.667. The molecule has 0 aliphatic carbocycles. The van der Waals surface area contributed by atoms with Gasteiger partial charge in [0.1, 0.15) is 6.61 Å². The van der Waals surface area contributed by atoms with Crippen LogP contribution in [0.2, 0.25) is 0 Å². The summed E-state index contributed by atoms with van der Waals surface area (Å²) in [6.07, 6.45) is 0. The van der Waals surface area contributed by atoms with Gasteiger partial charge in [-0.25, -0.2) is 0 Å². The Balaban J connectivity index is 2.53. The summed E-state index contributed by atoms with van der Waals surface area (Å²) in [5.41, 5.74) is 7.36. The van der Waals surface area contributed by atoms with E-state index in [0.717, 1.165) is 28.1 Å². The average molecular weight is 229 g/mol. The molecule has 1 aliphatic heterocycles. The third-order valence-corrected chi connectivity index (χ3v) is 2.32. The second-order valence-corrected chi connectivity index (χ2v) is 3.51. The fourth-order valence-electron chi connectivity index (χ4n) is 1.23. The molecule has 0 radical (unpaired) electrons. The molecule has 64 valence electrons. The van der Waals surface area contributed by atoms with Crippen LogP contribution in [-0.4, -0.2) is 13.2 Å². The number of rotatable bonds is 0. The number of hydrogen-bond acceptors (Lipinski definition) is 3. The maximum absolute atomic E-state index is 5.66. The van der Waals surface area contributed by atoms with E-state index in [1.165, 1.54) is 0 Å². The van der Waals surface area contributed by atoms with Crippen molar-refractivity contribution in [3.63, 3.8) is 0 Å². The van der Waals surface area contributed by atoms with Crippen LogP contribution >= 0.6 is 15.9 Å². The Hall–Kier alpha value is -0.900. The molecule has 3 nitrogen and oxygen atoms in total. The number of nitrogens with two attached hydrogens (primary N) is 1. The van der Waals surface area contributed by atoms with Crippen molar-refractivity contribution in [2.75, 3.05) is 24.2 Å². The highest BCUT2D eigenvalue weighted by molar-refractivity contribution is 9.10. The minimum absolute atomic E-state index is 0.704. The molecule has 3 N–H and O–H groups in total. The van der Waals surface area contributed by atoms with Crippen LogP contribution < -0.4 is 15.8 Å². The molecule has 12 heavy (non-hydrogen) atoms. The number of benzene rings is 1. The lowest BCUT2D eigenvalue weighted by Crippen LogP contribution is -2.18. The van der Waals surface area contributed by atoms with Crippen molar-refractivity contribution in [3.8, 4) is 5.75 Å². The maximum Gasteiger partial charge on any atom is 0.156 e. The average Bonchev–Trinajstić information content (AvgIpc) is 2.04. The summed E-state index contributed by atoms with van der Waals surface area (Å²) < 4.78 is 6.35. The molecule has 0 amide bonds. The molecule has 0 saturated carbocycles. The molecule has 0 fully saturated rings. The Morgan fingerprint density at radius 3 is 3.17 bits per heavy atom. The van der Waals surface area contributed by atoms with Crippen molar-refractivity contribution in [3.05, 3.63) is 16.6 Å². The molecule has 0 saturated heterocycles. The molecular weight excluding hydrogens is 220 g/mol. The highest BCUT2D eigenvalue weighted by Gasteiger charge is 2.13. The van der Waals surface area contributed by atoms with Crippen LogP contribution in [0.25, 0.3) is 0 Å². The lowest BCUT2D eigenvalue weighted by Gasteiger charge is -2.20. The topological polar surface area (TPSA) is 47.3 Å². The van der Waals surface area contributed by atoms with Gasteiger partial charge < -0.3 is 15.8 Å². The first-order valence-electron chi connectivity index (χ1n) is 3.73. The van der Waals surface area contributed by atoms with Crippen LogP contribution in [0.15, 0.2) is 16.6 Å². The van der Waals surface area contributed by atoms with E-state index in [0.29, 0.717) is 6.61 Å². The van der Waals surface area contributed by atoms with E-state index in [1.807, 2.05) is 12.1 Å². The normalized spacial score (nSPS) is 14.4. The lowest BCUT2D eigenvalue weighted by molar-refractivity contribution is 0.321. The van der Waals surface area contributed by atoms with Crippen molar-refractivity contribution in [1.29, 1.82) is 0 Å². The summed E-state index contributed by atoms with van der Waals surface area (Å²) in [7, 11) is 0. The number of halogens is 1. The summed E-state index contributed by atoms with van der Waals surface area (Å²) >= 11 is 3.39. The molecular formula is C8H9BrN2O. The SMILES string of the molecule is Nc1cc(Br)c2c(c1)NCCO2. The van der Waals surface area contributed by atoms with Crippen LogP contribution in [-0.2, 0) is 0 Å². The van der Waals surface area contributed by atoms with Crippen molar-refractivity contribution in [2.45, 2.75) is 0 Å². The maximum atomic E-state index is 5.66. The second kappa shape index (κ2) is 2.86. The summed E-state index contributed by atoms with van der Waals surface area (Å²) in [6, 6.07) is 3.71. The molecule has 2 rings (SSSR count). The second-order valence-electron chi connectivity index (χ2n) is 2.65. The van der Waals surface area contributed by atoms with Crippen molar-refractivity contribution in [1.82, 2.24) is 0 Å². The van der Waals surface area contributed by atoms with E-state index in [9.17, 15) is 0 Å². The van der Waals surface area contributed by atoms with Crippen LogP contribution in [0, 0.1) is 0 Å². The molecule has 4 heteroatoms. The van der Waals surface area contributed by atoms with E-state index < -0.39 is 0 Å². The standard InChI is InChI=1S/C8H9BrN2O/c9-6-3-5(10)4-7-8(6)12-2-1-11-7/h3-4,11H,1-2,10H2. The first-order chi connectivity index (χ1) is 5.77. The van der Waals surface area contributed by atoms with Crippen molar-refractivity contribution in [2.24, 2.45) is 0 Å². The Morgan fingerprint density at radius 2 is 2.33 bits per heavy atom. The monoisotopic (exact) mass is 228 g/mol.